The highest BCUT2D eigenvalue weighted by Gasteiger charge is 2.29. The van der Waals surface area contributed by atoms with Gasteiger partial charge in [0, 0.05) is 5.57 Å². The van der Waals surface area contributed by atoms with Crippen molar-refractivity contribution >= 4 is 5.97 Å². The Balaban J connectivity index is 2.43. The lowest BCUT2D eigenvalue weighted by Crippen LogP contribution is -2.22. The minimum absolute atomic E-state index is 0.153. The van der Waals surface area contributed by atoms with E-state index in [4.69, 9.17) is 4.74 Å². The Morgan fingerprint density at radius 1 is 1.40 bits per heavy atom. The minimum atomic E-state index is -0.189. The lowest BCUT2D eigenvalue weighted by molar-refractivity contribution is -0.146. The lowest BCUT2D eigenvalue weighted by atomic mass is 10.00. The summed E-state index contributed by atoms with van der Waals surface area (Å²) in [5.41, 5.74) is 0.595. The molecule has 2 unspecified atom stereocenters. The number of carbonyl (C=O) groups excluding carboxylic acids is 1. The van der Waals surface area contributed by atoms with E-state index < -0.39 is 0 Å². The summed E-state index contributed by atoms with van der Waals surface area (Å²) in [4.78, 5) is 11.6. The minimum Gasteiger partial charge on any atom is -0.459 e. The number of rotatable bonds is 5. The molecule has 0 amide bonds. The van der Waals surface area contributed by atoms with E-state index in [-0.39, 0.29) is 12.1 Å². The topological polar surface area (TPSA) is 26.3 Å². The monoisotopic (exact) mass is 210 g/mol. The Kier molecular flexibility index (Phi) is 4.86. The van der Waals surface area contributed by atoms with E-state index >= 15 is 0 Å². The predicted octanol–water partition coefficient (Wildman–Crippen LogP) is 3.46. The molecule has 0 spiro atoms. The quantitative estimate of drug-likeness (QED) is 0.513. The van der Waals surface area contributed by atoms with Crippen LogP contribution in [0.15, 0.2) is 12.2 Å². The summed E-state index contributed by atoms with van der Waals surface area (Å²) >= 11 is 0. The molecule has 0 N–H and O–H groups in total. The number of hydrogen-bond acceptors (Lipinski definition) is 2. The molecule has 0 aromatic rings. The Labute approximate surface area is 92.7 Å². The van der Waals surface area contributed by atoms with Gasteiger partial charge < -0.3 is 4.74 Å². The molecule has 0 aromatic heterocycles. The molecule has 1 aliphatic rings. The Bertz CT molecular complexity index is 233. The molecule has 1 aliphatic carbocycles. The van der Waals surface area contributed by atoms with Gasteiger partial charge in [-0.3, -0.25) is 0 Å². The number of hydrogen-bond donors (Lipinski definition) is 0. The van der Waals surface area contributed by atoms with Crippen molar-refractivity contribution in [3.63, 3.8) is 0 Å². The summed E-state index contributed by atoms with van der Waals surface area (Å²) in [5, 5.41) is 0. The normalized spacial score (nSPS) is 25.2. The van der Waals surface area contributed by atoms with Gasteiger partial charge in [0.05, 0.1) is 0 Å². The van der Waals surface area contributed by atoms with Crippen molar-refractivity contribution in [2.24, 2.45) is 5.92 Å². The lowest BCUT2D eigenvalue weighted by Gasteiger charge is -2.19. The zero-order chi connectivity index (χ0) is 11.3. The molecule has 0 aliphatic heterocycles. The second-order valence-corrected chi connectivity index (χ2v) is 4.38. The van der Waals surface area contributed by atoms with Gasteiger partial charge in [-0.05, 0) is 38.0 Å². The summed E-state index contributed by atoms with van der Waals surface area (Å²) in [7, 11) is 0. The van der Waals surface area contributed by atoms with E-state index in [2.05, 4.69) is 13.5 Å². The predicted molar refractivity (Wildman–Crippen MR) is 61.6 cm³/mol. The highest BCUT2D eigenvalue weighted by Crippen LogP contribution is 2.32. The average molecular weight is 210 g/mol. The van der Waals surface area contributed by atoms with Crippen molar-refractivity contribution in [1.29, 1.82) is 0 Å². The van der Waals surface area contributed by atoms with Crippen molar-refractivity contribution in [2.75, 3.05) is 0 Å². The van der Waals surface area contributed by atoms with Gasteiger partial charge in [-0.25, -0.2) is 4.79 Å². The summed E-state index contributed by atoms with van der Waals surface area (Å²) in [6.45, 7) is 7.83. The van der Waals surface area contributed by atoms with Crippen LogP contribution in [0, 0.1) is 5.92 Å². The van der Waals surface area contributed by atoms with Crippen molar-refractivity contribution < 1.29 is 9.53 Å². The first kappa shape index (κ1) is 12.3. The number of ether oxygens (including phenoxy) is 1. The van der Waals surface area contributed by atoms with Gasteiger partial charge in [-0.15, -0.1) is 0 Å². The van der Waals surface area contributed by atoms with Crippen molar-refractivity contribution in [3.8, 4) is 0 Å². The molecule has 15 heavy (non-hydrogen) atoms. The molecular formula is C13H22O2. The molecule has 1 saturated carbocycles. The molecule has 0 saturated heterocycles. The number of esters is 1. The average Bonchev–Trinajstić information content (AvgIpc) is 2.65. The van der Waals surface area contributed by atoms with Crippen LogP contribution in [-0.4, -0.2) is 12.1 Å². The van der Waals surface area contributed by atoms with Crippen LogP contribution in [0.1, 0.15) is 52.4 Å². The molecule has 86 valence electrons. The van der Waals surface area contributed by atoms with Crippen LogP contribution in [0.4, 0.5) is 0 Å². The van der Waals surface area contributed by atoms with E-state index in [0.29, 0.717) is 17.9 Å². The van der Waals surface area contributed by atoms with E-state index in [0.717, 1.165) is 6.42 Å². The summed E-state index contributed by atoms with van der Waals surface area (Å²) in [6.07, 6.45) is 6.63. The summed E-state index contributed by atoms with van der Waals surface area (Å²) in [6, 6.07) is 0. The first-order valence-electron chi connectivity index (χ1n) is 6.07. The van der Waals surface area contributed by atoms with Crippen LogP contribution < -0.4 is 0 Å². The fraction of sp³-hybridized carbons (Fsp3) is 0.769. The molecule has 2 nitrogen and oxygen atoms in total. The molecule has 0 bridgehead atoms. The van der Waals surface area contributed by atoms with Crippen LogP contribution in [0.5, 0.6) is 0 Å². The molecule has 1 rings (SSSR count). The van der Waals surface area contributed by atoms with Crippen molar-refractivity contribution in [2.45, 2.75) is 58.5 Å². The summed E-state index contributed by atoms with van der Waals surface area (Å²) < 4.78 is 5.49. The van der Waals surface area contributed by atoms with E-state index in [9.17, 15) is 4.79 Å². The Morgan fingerprint density at radius 2 is 2.13 bits per heavy atom. The third kappa shape index (κ3) is 3.37. The van der Waals surface area contributed by atoms with Crippen LogP contribution in [0.25, 0.3) is 0 Å². The fourth-order valence-corrected chi connectivity index (χ4v) is 2.22. The zero-order valence-corrected chi connectivity index (χ0v) is 9.92. The van der Waals surface area contributed by atoms with Crippen LogP contribution >= 0.6 is 0 Å². The Hall–Kier alpha value is -0.790. The highest BCUT2D eigenvalue weighted by atomic mass is 16.5. The van der Waals surface area contributed by atoms with Gasteiger partial charge in [-0.1, -0.05) is 26.8 Å². The van der Waals surface area contributed by atoms with Gasteiger partial charge in [-0.2, -0.15) is 0 Å². The molecule has 0 aromatic carbocycles. The molecule has 0 radical (unpaired) electrons. The van der Waals surface area contributed by atoms with Gasteiger partial charge in [0.2, 0.25) is 0 Å². The second kappa shape index (κ2) is 5.94. The van der Waals surface area contributed by atoms with Gasteiger partial charge in [0.25, 0.3) is 0 Å². The van der Waals surface area contributed by atoms with Crippen LogP contribution in [0.2, 0.25) is 0 Å². The van der Waals surface area contributed by atoms with Crippen LogP contribution in [0.3, 0.4) is 0 Å². The van der Waals surface area contributed by atoms with Crippen LogP contribution in [-0.2, 0) is 9.53 Å². The first-order valence-corrected chi connectivity index (χ1v) is 6.07. The molecule has 2 heteroatoms. The zero-order valence-electron chi connectivity index (χ0n) is 9.92. The highest BCUT2D eigenvalue weighted by molar-refractivity contribution is 5.87. The van der Waals surface area contributed by atoms with Crippen molar-refractivity contribution in [3.05, 3.63) is 12.2 Å². The van der Waals surface area contributed by atoms with E-state index in [1.165, 1.54) is 25.7 Å². The number of carbonyl (C=O) groups is 1. The SMILES string of the molecule is C=C(CC)C(=O)OC1CCCC1CCC. The van der Waals surface area contributed by atoms with Gasteiger partial charge >= 0.3 is 5.97 Å². The molecule has 2 atom stereocenters. The van der Waals surface area contributed by atoms with Gasteiger partial charge in [0.15, 0.2) is 0 Å². The second-order valence-electron chi connectivity index (χ2n) is 4.38. The maximum atomic E-state index is 11.6. The maximum Gasteiger partial charge on any atom is 0.333 e. The maximum absolute atomic E-state index is 11.6. The standard InChI is InChI=1S/C13H22O2/c1-4-7-11-8-6-9-12(11)15-13(14)10(3)5-2/h11-12H,3-9H2,1-2H3. The largest absolute Gasteiger partial charge is 0.459 e. The molecule has 0 heterocycles. The third-order valence-electron chi connectivity index (χ3n) is 3.22. The third-order valence-corrected chi connectivity index (χ3v) is 3.22. The molecule has 1 fully saturated rings. The first-order chi connectivity index (χ1) is 7.19. The fourth-order valence-electron chi connectivity index (χ4n) is 2.22. The molecular weight excluding hydrogens is 188 g/mol. The smallest absolute Gasteiger partial charge is 0.333 e. The Morgan fingerprint density at radius 3 is 2.73 bits per heavy atom. The van der Waals surface area contributed by atoms with Gasteiger partial charge in [0.1, 0.15) is 6.10 Å². The van der Waals surface area contributed by atoms with E-state index in [1.54, 1.807) is 0 Å². The summed E-state index contributed by atoms with van der Waals surface area (Å²) in [5.74, 6) is 0.397. The van der Waals surface area contributed by atoms with E-state index in [1.807, 2.05) is 6.92 Å². The van der Waals surface area contributed by atoms with Crippen molar-refractivity contribution in [1.82, 2.24) is 0 Å².